The highest BCUT2D eigenvalue weighted by Crippen LogP contribution is 2.30. The molecule has 1 heterocycles. The lowest BCUT2D eigenvalue weighted by Gasteiger charge is -2.21. The lowest BCUT2D eigenvalue weighted by molar-refractivity contribution is -0.148. The average molecular weight is 472 g/mol. The van der Waals surface area contributed by atoms with Crippen molar-refractivity contribution in [3.05, 3.63) is 54.1 Å². The van der Waals surface area contributed by atoms with Gasteiger partial charge in [-0.1, -0.05) is 0 Å². The normalized spacial score (nSPS) is 17.1. The third kappa shape index (κ3) is 5.18. The SMILES string of the molecule is NOC(=O)C1CCCN1S(=O)(=O)c1ccc(NC(=O)Nc2ccc(C(F)(F)F)cc2)cc1. The number of hydrogen-bond donors (Lipinski definition) is 3. The van der Waals surface area contributed by atoms with Crippen LogP contribution in [0.2, 0.25) is 0 Å². The van der Waals surface area contributed by atoms with Crippen LogP contribution in [-0.4, -0.2) is 37.3 Å². The standard InChI is InChI=1S/C19H19F3N4O5S/c20-19(21,22)12-3-5-13(6-4-12)24-18(28)25-14-7-9-15(10-8-14)32(29,30)26-11-1-2-16(26)17(27)31-23/h3-10,16H,1-2,11,23H2,(H2,24,25,28). The fourth-order valence-electron chi connectivity index (χ4n) is 3.22. The van der Waals surface area contributed by atoms with E-state index in [1.807, 2.05) is 0 Å². The zero-order valence-corrected chi connectivity index (χ0v) is 17.2. The van der Waals surface area contributed by atoms with E-state index in [1.54, 1.807) is 0 Å². The number of carbonyl (C=O) groups excluding carboxylic acids is 2. The summed E-state index contributed by atoms with van der Waals surface area (Å²) >= 11 is 0. The van der Waals surface area contributed by atoms with E-state index in [1.165, 1.54) is 24.3 Å². The number of nitrogens with zero attached hydrogens (tertiary/aromatic N) is 1. The molecule has 0 bridgehead atoms. The van der Waals surface area contributed by atoms with E-state index < -0.39 is 39.8 Å². The van der Waals surface area contributed by atoms with Crippen molar-refractivity contribution in [2.24, 2.45) is 5.90 Å². The molecular weight excluding hydrogens is 453 g/mol. The molecule has 0 radical (unpaired) electrons. The van der Waals surface area contributed by atoms with Crippen LogP contribution in [0.15, 0.2) is 53.4 Å². The van der Waals surface area contributed by atoms with Crippen molar-refractivity contribution in [2.75, 3.05) is 17.2 Å². The van der Waals surface area contributed by atoms with Gasteiger partial charge in [0, 0.05) is 17.9 Å². The number of rotatable bonds is 5. The minimum absolute atomic E-state index is 0.0945. The third-order valence-electron chi connectivity index (χ3n) is 4.78. The first kappa shape index (κ1) is 23.5. The van der Waals surface area contributed by atoms with Crippen LogP contribution in [0.1, 0.15) is 18.4 Å². The maximum absolute atomic E-state index is 12.8. The molecule has 1 unspecified atom stereocenters. The molecule has 13 heteroatoms. The molecule has 0 saturated carbocycles. The van der Waals surface area contributed by atoms with Crippen molar-refractivity contribution in [1.29, 1.82) is 0 Å². The van der Waals surface area contributed by atoms with Gasteiger partial charge >= 0.3 is 18.2 Å². The van der Waals surface area contributed by atoms with Gasteiger partial charge in [-0.3, -0.25) is 0 Å². The monoisotopic (exact) mass is 472 g/mol. The molecule has 1 saturated heterocycles. The summed E-state index contributed by atoms with van der Waals surface area (Å²) in [5.74, 6) is 4.03. The number of nitrogens with one attached hydrogen (secondary N) is 2. The summed E-state index contributed by atoms with van der Waals surface area (Å²) in [4.78, 5) is 27.9. The number of nitrogens with two attached hydrogens (primary N) is 1. The fourth-order valence-corrected chi connectivity index (χ4v) is 4.87. The number of hydrogen-bond acceptors (Lipinski definition) is 6. The number of benzene rings is 2. The summed E-state index contributed by atoms with van der Waals surface area (Å²) in [5.41, 5.74) is -0.463. The van der Waals surface area contributed by atoms with E-state index >= 15 is 0 Å². The Balaban J connectivity index is 1.65. The lowest BCUT2D eigenvalue weighted by Crippen LogP contribution is -2.42. The van der Waals surface area contributed by atoms with Crippen molar-refractivity contribution in [3.8, 4) is 0 Å². The predicted molar refractivity (Wildman–Crippen MR) is 108 cm³/mol. The molecule has 1 aliphatic heterocycles. The smallest absolute Gasteiger partial charge is 0.372 e. The molecule has 32 heavy (non-hydrogen) atoms. The highest BCUT2D eigenvalue weighted by molar-refractivity contribution is 7.89. The highest BCUT2D eigenvalue weighted by Gasteiger charge is 2.40. The Bertz CT molecular complexity index is 1090. The largest absolute Gasteiger partial charge is 0.416 e. The van der Waals surface area contributed by atoms with Crippen LogP contribution in [-0.2, 0) is 25.8 Å². The van der Waals surface area contributed by atoms with Gasteiger partial charge in [0.2, 0.25) is 10.0 Å². The first-order chi connectivity index (χ1) is 15.0. The number of sulfonamides is 1. The number of urea groups is 1. The van der Waals surface area contributed by atoms with E-state index in [2.05, 4.69) is 15.5 Å². The van der Waals surface area contributed by atoms with Gasteiger partial charge in [-0.05, 0) is 61.4 Å². The van der Waals surface area contributed by atoms with Crippen molar-refractivity contribution in [3.63, 3.8) is 0 Å². The van der Waals surface area contributed by atoms with Gasteiger partial charge in [-0.15, -0.1) is 0 Å². The fraction of sp³-hybridized carbons (Fsp3) is 0.263. The molecule has 0 spiro atoms. The van der Waals surface area contributed by atoms with Gasteiger partial charge in [0.05, 0.1) is 10.5 Å². The average Bonchev–Trinajstić information content (AvgIpc) is 3.24. The van der Waals surface area contributed by atoms with Gasteiger partial charge in [0.15, 0.2) is 0 Å². The van der Waals surface area contributed by atoms with E-state index in [4.69, 9.17) is 5.90 Å². The molecule has 2 aromatic carbocycles. The van der Waals surface area contributed by atoms with Crippen LogP contribution in [0.5, 0.6) is 0 Å². The second kappa shape index (κ2) is 9.14. The van der Waals surface area contributed by atoms with Gasteiger partial charge in [-0.2, -0.15) is 23.4 Å². The van der Waals surface area contributed by atoms with Crippen LogP contribution < -0.4 is 16.5 Å². The second-order valence-electron chi connectivity index (χ2n) is 6.89. The predicted octanol–water partition coefficient (Wildman–Crippen LogP) is 2.92. The maximum Gasteiger partial charge on any atom is 0.416 e. The number of amides is 2. The van der Waals surface area contributed by atoms with Gasteiger partial charge in [0.25, 0.3) is 0 Å². The van der Waals surface area contributed by atoms with Crippen LogP contribution >= 0.6 is 0 Å². The third-order valence-corrected chi connectivity index (χ3v) is 6.70. The molecule has 1 aliphatic rings. The number of anilines is 2. The Morgan fingerprint density at radius 3 is 2.03 bits per heavy atom. The van der Waals surface area contributed by atoms with Crippen molar-refractivity contribution in [1.82, 2.24) is 4.31 Å². The second-order valence-corrected chi connectivity index (χ2v) is 8.78. The van der Waals surface area contributed by atoms with Crippen LogP contribution in [0.4, 0.5) is 29.3 Å². The lowest BCUT2D eigenvalue weighted by atomic mass is 10.2. The van der Waals surface area contributed by atoms with Crippen LogP contribution in [0.3, 0.4) is 0 Å². The minimum atomic E-state index is -4.48. The molecule has 0 aromatic heterocycles. The summed E-state index contributed by atoms with van der Waals surface area (Å²) in [7, 11) is -4.00. The van der Waals surface area contributed by atoms with Crippen molar-refractivity contribution < 1.29 is 36.0 Å². The Morgan fingerprint density at radius 2 is 1.53 bits per heavy atom. The molecule has 4 N–H and O–H groups in total. The molecule has 0 aliphatic carbocycles. The number of alkyl halides is 3. The van der Waals surface area contributed by atoms with E-state index in [0.717, 1.165) is 28.6 Å². The summed E-state index contributed by atoms with van der Waals surface area (Å²) in [6, 6.07) is 7.34. The number of carbonyl (C=O) groups is 2. The minimum Gasteiger partial charge on any atom is -0.372 e. The van der Waals surface area contributed by atoms with E-state index in [-0.39, 0.29) is 22.8 Å². The van der Waals surface area contributed by atoms with E-state index in [9.17, 15) is 31.2 Å². The topological polar surface area (TPSA) is 131 Å². The van der Waals surface area contributed by atoms with E-state index in [0.29, 0.717) is 12.8 Å². The summed E-state index contributed by atoms with van der Waals surface area (Å²) in [5, 5.41) is 4.82. The summed E-state index contributed by atoms with van der Waals surface area (Å²) < 4.78 is 64.5. The zero-order chi connectivity index (χ0) is 23.5. The van der Waals surface area contributed by atoms with Crippen LogP contribution in [0.25, 0.3) is 0 Å². The van der Waals surface area contributed by atoms with Gasteiger partial charge in [-0.25, -0.2) is 18.0 Å². The Morgan fingerprint density at radius 1 is 1.00 bits per heavy atom. The van der Waals surface area contributed by atoms with Crippen molar-refractivity contribution >= 4 is 33.4 Å². The Kier molecular flexibility index (Phi) is 6.71. The first-order valence-electron chi connectivity index (χ1n) is 9.30. The Labute approximate surface area is 181 Å². The zero-order valence-electron chi connectivity index (χ0n) is 16.4. The molecule has 2 aromatic rings. The molecule has 2 amide bonds. The molecule has 1 atom stereocenters. The van der Waals surface area contributed by atoms with Gasteiger partial charge in [0.1, 0.15) is 6.04 Å². The molecule has 172 valence electrons. The first-order valence-corrected chi connectivity index (χ1v) is 10.7. The molecule has 1 fully saturated rings. The number of halogens is 3. The molecular formula is C19H19F3N4O5S. The molecule has 9 nitrogen and oxygen atoms in total. The molecule has 3 rings (SSSR count). The van der Waals surface area contributed by atoms with Gasteiger partial charge < -0.3 is 15.5 Å². The summed E-state index contributed by atoms with van der Waals surface area (Å²) in [6.45, 7) is 0.137. The van der Waals surface area contributed by atoms with Crippen LogP contribution in [0, 0.1) is 0 Å². The quantitative estimate of drug-likeness (QED) is 0.574. The Hall–Kier alpha value is -3.16. The van der Waals surface area contributed by atoms with Crippen molar-refractivity contribution in [2.45, 2.75) is 30.0 Å². The summed E-state index contributed by atoms with van der Waals surface area (Å²) in [6.07, 6.45) is -3.72. The highest BCUT2D eigenvalue weighted by atomic mass is 32.2. The maximum atomic E-state index is 12.8.